The van der Waals surface area contributed by atoms with E-state index in [1.807, 2.05) is 13.0 Å². The van der Waals surface area contributed by atoms with Crippen LogP contribution in [0, 0.1) is 6.92 Å². The number of hydrogen-bond donors (Lipinski definition) is 2. The van der Waals surface area contributed by atoms with Crippen molar-refractivity contribution in [2.75, 3.05) is 20.8 Å². The lowest BCUT2D eigenvalue weighted by Gasteiger charge is -2.26. The quantitative estimate of drug-likeness (QED) is 0.910. The van der Waals surface area contributed by atoms with E-state index in [1.165, 1.54) is 16.7 Å². The molecule has 0 saturated heterocycles. The van der Waals surface area contributed by atoms with Crippen LogP contribution in [-0.2, 0) is 6.54 Å². The van der Waals surface area contributed by atoms with Crippen LogP contribution in [0.2, 0.25) is 0 Å². The molecule has 1 aliphatic rings. The number of ether oxygens (including phenoxy) is 2. The van der Waals surface area contributed by atoms with Crippen molar-refractivity contribution in [3.05, 3.63) is 52.6 Å². The molecule has 2 aromatic carbocycles. The average molecular weight is 300 g/mol. The van der Waals surface area contributed by atoms with Gasteiger partial charge in [-0.1, -0.05) is 12.1 Å². The van der Waals surface area contributed by atoms with E-state index < -0.39 is 0 Å². The number of phenols is 1. The van der Waals surface area contributed by atoms with Crippen molar-refractivity contribution in [2.45, 2.75) is 19.4 Å². The summed E-state index contributed by atoms with van der Waals surface area (Å²) in [4.78, 5) is 0. The second-order valence-electron chi connectivity index (χ2n) is 5.73. The van der Waals surface area contributed by atoms with E-state index in [-0.39, 0.29) is 0 Å². The molecular formula is C18H22NO3+. The maximum absolute atomic E-state index is 9.74. The van der Waals surface area contributed by atoms with Gasteiger partial charge in [0.05, 0.1) is 26.7 Å². The first kappa shape index (κ1) is 14.7. The highest BCUT2D eigenvalue weighted by Gasteiger charge is 2.26. The predicted molar refractivity (Wildman–Crippen MR) is 84.7 cm³/mol. The SMILES string of the molecule is COc1cc2c(cc1OC)[C@@H](c1ccc(O)c(C)c1)C[NH2+]C2. The number of hydrogen-bond acceptors (Lipinski definition) is 3. The fourth-order valence-electron chi connectivity index (χ4n) is 3.18. The molecule has 0 spiro atoms. The van der Waals surface area contributed by atoms with E-state index >= 15 is 0 Å². The number of quaternary nitrogens is 1. The van der Waals surface area contributed by atoms with Crippen molar-refractivity contribution < 1.29 is 19.9 Å². The maximum atomic E-state index is 9.74. The van der Waals surface area contributed by atoms with Crippen molar-refractivity contribution in [1.29, 1.82) is 0 Å². The fourth-order valence-corrected chi connectivity index (χ4v) is 3.18. The zero-order valence-electron chi connectivity index (χ0n) is 13.2. The van der Waals surface area contributed by atoms with Crippen molar-refractivity contribution in [2.24, 2.45) is 0 Å². The molecule has 0 bridgehead atoms. The van der Waals surface area contributed by atoms with Crippen LogP contribution in [0.4, 0.5) is 0 Å². The van der Waals surface area contributed by atoms with Crippen molar-refractivity contribution in [3.63, 3.8) is 0 Å². The monoisotopic (exact) mass is 300 g/mol. The van der Waals surface area contributed by atoms with Gasteiger partial charge in [0.2, 0.25) is 0 Å². The molecule has 1 aliphatic heterocycles. The van der Waals surface area contributed by atoms with Crippen molar-refractivity contribution in [1.82, 2.24) is 0 Å². The van der Waals surface area contributed by atoms with Crippen LogP contribution in [-0.4, -0.2) is 25.9 Å². The van der Waals surface area contributed by atoms with Gasteiger partial charge < -0.3 is 19.9 Å². The zero-order valence-corrected chi connectivity index (χ0v) is 13.2. The van der Waals surface area contributed by atoms with E-state index in [2.05, 4.69) is 23.5 Å². The first-order valence-corrected chi connectivity index (χ1v) is 7.50. The van der Waals surface area contributed by atoms with Gasteiger partial charge >= 0.3 is 0 Å². The number of benzene rings is 2. The fraction of sp³-hybridized carbons (Fsp3) is 0.333. The molecular weight excluding hydrogens is 278 g/mol. The Bertz CT molecular complexity index is 697. The Morgan fingerprint density at radius 2 is 1.82 bits per heavy atom. The van der Waals surface area contributed by atoms with Crippen LogP contribution in [0.15, 0.2) is 30.3 Å². The summed E-state index contributed by atoms with van der Waals surface area (Å²) in [7, 11) is 3.33. The summed E-state index contributed by atoms with van der Waals surface area (Å²) in [5.41, 5.74) is 4.69. The Labute approximate surface area is 130 Å². The lowest BCUT2D eigenvalue weighted by atomic mass is 9.84. The van der Waals surface area contributed by atoms with E-state index in [0.29, 0.717) is 11.7 Å². The number of nitrogens with two attached hydrogens (primary N) is 1. The molecule has 1 heterocycles. The number of aryl methyl sites for hydroxylation is 1. The minimum absolute atomic E-state index is 0.294. The smallest absolute Gasteiger partial charge is 0.161 e. The highest BCUT2D eigenvalue weighted by Crippen LogP contribution is 2.37. The average Bonchev–Trinajstić information content (AvgIpc) is 2.55. The minimum Gasteiger partial charge on any atom is -0.508 e. The number of phenolic OH excluding ortho intramolecular Hbond substituents is 1. The molecule has 2 aromatic rings. The summed E-state index contributed by atoms with van der Waals surface area (Å²) >= 11 is 0. The number of aromatic hydroxyl groups is 1. The molecule has 0 amide bonds. The predicted octanol–water partition coefficient (Wildman–Crippen LogP) is 1.93. The summed E-state index contributed by atoms with van der Waals surface area (Å²) in [5, 5.41) is 12.1. The molecule has 1 atom stereocenters. The highest BCUT2D eigenvalue weighted by molar-refractivity contribution is 5.51. The Kier molecular flexibility index (Phi) is 3.94. The molecule has 3 rings (SSSR count). The third kappa shape index (κ3) is 2.50. The lowest BCUT2D eigenvalue weighted by Crippen LogP contribution is -2.85. The van der Waals surface area contributed by atoms with Crippen LogP contribution in [0.1, 0.15) is 28.2 Å². The van der Waals surface area contributed by atoms with Gasteiger partial charge in [0.25, 0.3) is 0 Å². The van der Waals surface area contributed by atoms with Gasteiger partial charge in [-0.2, -0.15) is 0 Å². The lowest BCUT2D eigenvalue weighted by molar-refractivity contribution is -0.675. The van der Waals surface area contributed by atoms with Crippen LogP contribution in [0.5, 0.6) is 17.2 Å². The third-order valence-corrected chi connectivity index (χ3v) is 4.41. The summed E-state index contributed by atoms with van der Waals surface area (Å²) in [5.74, 6) is 2.18. The second kappa shape index (κ2) is 5.89. The Hall–Kier alpha value is -2.20. The molecule has 22 heavy (non-hydrogen) atoms. The van der Waals surface area contributed by atoms with Crippen molar-refractivity contribution in [3.8, 4) is 17.2 Å². The first-order valence-electron chi connectivity index (χ1n) is 7.50. The topological polar surface area (TPSA) is 55.3 Å². The first-order chi connectivity index (χ1) is 10.6. The van der Waals surface area contributed by atoms with Gasteiger partial charge in [-0.3, -0.25) is 0 Å². The second-order valence-corrected chi connectivity index (χ2v) is 5.73. The Morgan fingerprint density at radius 3 is 2.50 bits per heavy atom. The molecule has 4 nitrogen and oxygen atoms in total. The molecule has 0 unspecified atom stereocenters. The van der Waals surface area contributed by atoms with Gasteiger partial charge in [-0.15, -0.1) is 0 Å². The normalized spacial score (nSPS) is 17.0. The van der Waals surface area contributed by atoms with Crippen LogP contribution >= 0.6 is 0 Å². The summed E-state index contributed by atoms with van der Waals surface area (Å²) in [6, 6.07) is 10.0. The molecule has 4 heteroatoms. The molecule has 3 N–H and O–H groups in total. The molecule has 0 aromatic heterocycles. The standard InChI is InChI=1S/C18H21NO3/c1-11-6-12(4-5-16(11)20)15-10-19-9-13-7-17(21-2)18(22-3)8-14(13)15/h4-8,15,19-20H,9-10H2,1-3H3/p+1/t15-/m1/s1. The highest BCUT2D eigenvalue weighted by atomic mass is 16.5. The zero-order chi connectivity index (χ0) is 15.7. The van der Waals surface area contributed by atoms with Gasteiger partial charge in [-0.05, 0) is 41.8 Å². The van der Waals surface area contributed by atoms with E-state index in [1.54, 1.807) is 20.3 Å². The third-order valence-electron chi connectivity index (χ3n) is 4.41. The summed E-state index contributed by atoms with van der Waals surface area (Å²) in [6.45, 7) is 3.87. The van der Waals surface area contributed by atoms with Gasteiger partial charge in [0.15, 0.2) is 11.5 Å². The summed E-state index contributed by atoms with van der Waals surface area (Å²) < 4.78 is 10.9. The molecule has 116 valence electrons. The van der Waals surface area contributed by atoms with Gasteiger partial charge in [0.1, 0.15) is 12.3 Å². The molecule has 0 fully saturated rings. The van der Waals surface area contributed by atoms with Gasteiger partial charge in [0, 0.05) is 5.56 Å². The largest absolute Gasteiger partial charge is 0.508 e. The molecule has 0 aliphatic carbocycles. The van der Waals surface area contributed by atoms with Crippen LogP contribution < -0.4 is 14.8 Å². The molecule has 0 radical (unpaired) electrons. The van der Waals surface area contributed by atoms with Crippen molar-refractivity contribution >= 4 is 0 Å². The van der Waals surface area contributed by atoms with Crippen LogP contribution in [0.25, 0.3) is 0 Å². The van der Waals surface area contributed by atoms with E-state index in [4.69, 9.17) is 9.47 Å². The van der Waals surface area contributed by atoms with E-state index in [0.717, 1.165) is 30.2 Å². The Morgan fingerprint density at radius 1 is 1.09 bits per heavy atom. The number of fused-ring (bicyclic) bond motifs is 1. The number of rotatable bonds is 3. The maximum Gasteiger partial charge on any atom is 0.161 e. The van der Waals surface area contributed by atoms with E-state index in [9.17, 15) is 5.11 Å². The van der Waals surface area contributed by atoms with Crippen LogP contribution in [0.3, 0.4) is 0 Å². The summed E-state index contributed by atoms with van der Waals surface area (Å²) in [6.07, 6.45) is 0. The Balaban J connectivity index is 2.08. The molecule has 0 saturated carbocycles. The number of methoxy groups -OCH3 is 2. The van der Waals surface area contributed by atoms with Gasteiger partial charge in [-0.25, -0.2) is 0 Å². The minimum atomic E-state index is 0.294.